The molecular formula is C7H8INO. The molecule has 0 saturated carbocycles. The third kappa shape index (κ3) is 1.83. The second-order valence-electron chi connectivity index (χ2n) is 1.73. The van der Waals surface area contributed by atoms with E-state index in [1.54, 1.807) is 6.20 Å². The molecule has 0 N–H and O–H groups in total. The quantitative estimate of drug-likeness (QED) is 0.591. The summed E-state index contributed by atoms with van der Waals surface area (Å²) in [6.45, 7) is 2.66. The van der Waals surface area contributed by atoms with E-state index in [4.69, 9.17) is 4.74 Å². The van der Waals surface area contributed by atoms with Crippen molar-refractivity contribution in [1.29, 1.82) is 0 Å². The van der Waals surface area contributed by atoms with Crippen LogP contribution in [0.5, 0.6) is 5.75 Å². The van der Waals surface area contributed by atoms with Crippen LogP contribution in [0.15, 0.2) is 18.3 Å². The third-order valence-corrected chi connectivity index (χ3v) is 1.83. The minimum absolute atomic E-state index is 0.696. The number of halogens is 1. The Balaban J connectivity index is 2.81. The summed E-state index contributed by atoms with van der Waals surface area (Å²) in [6.07, 6.45) is 1.75. The number of hydrogen-bond donors (Lipinski definition) is 0. The molecule has 2 nitrogen and oxygen atoms in total. The van der Waals surface area contributed by atoms with Crippen molar-refractivity contribution < 1.29 is 4.74 Å². The van der Waals surface area contributed by atoms with E-state index < -0.39 is 0 Å². The maximum atomic E-state index is 5.27. The number of aromatic nitrogens is 1. The van der Waals surface area contributed by atoms with Crippen LogP contribution in [0.2, 0.25) is 0 Å². The molecule has 0 aliphatic rings. The van der Waals surface area contributed by atoms with Gasteiger partial charge in [0, 0.05) is 6.20 Å². The van der Waals surface area contributed by atoms with Crippen LogP contribution in [0.4, 0.5) is 0 Å². The molecule has 0 spiro atoms. The molecule has 54 valence electrons. The lowest BCUT2D eigenvalue weighted by molar-refractivity contribution is 0.336. The fourth-order valence-electron chi connectivity index (χ4n) is 0.634. The third-order valence-electron chi connectivity index (χ3n) is 1.02. The lowest BCUT2D eigenvalue weighted by Crippen LogP contribution is -1.94. The molecule has 1 aromatic heterocycles. The van der Waals surface area contributed by atoms with Crippen molar-refractivity contribution in [2.45, 2.75) is 6.92 Å². The topological polar surface area (TPSA) is 22.1 Å². The van der Waals surface area contributed by atoms with E-state index >= 15 is 0 Å². The first-order valence-corrected chi connectivity index (χ1v) is 4.15. The summed E-state index contributed by atoms with van der Waals surface area (Å²) in [5.74, 6) is 0.866. The predicted molar refractivity (Wildman–Crippen MR) is 48.1 cm³/mol. The molecule has 0 aromatic carbocycles. The minimum atomic E-state index is 0.696. The smallest absolute Gasteiger partial charge is 0.151 e. The summed E-state index contributed by atoms with van der Waals surface area (Å²) in [4.78, 5) is 4.06. The fraction of sp³-hybridized carbons (Fsp3) is 0.286. The summed E-state index contributed by atoms with van der Waals surface area (Å²) in [5.41, 5.74) is 0. The van der Waals surface area contributed by atoms with E-state index in [1.165, 1.54) is 0 Å². The van der Waals surface area contributed by atoms with Gasteiger partial charge in [0.05, 0.1) is 6.61 Å². The van der Waals surface area contributed by atoms with E-state index in [1.807, 2.05) is 19.1 Å². The van der Waals surface area contributed by atoms with E-state index in [9.17, 15) is 0 Å². The van der Waals surface area contributed by atoms with Gasteiger partial charge in [-0.05, 0) is 41.6 Å². The highest BCUT2D eigenvalue weighted by atomic mass is 127. The first kappa shape index (κ1) is 7.78. The largest absolute Gasteiger partial charge is 0.491 e. The zero-order valence-electron chi connectivity index (χ0n) is 5.67. The van der Waals surface area contributed by atoms with Crippen LogP contribution in [-0.4, -0.2) is 11.6 Å². The standard InChI is InChI=1S/C7H8INO/c1-2-10-6-4-3-5-9-7(6)8/h3-5H,2H2,1H3. The van der Waals surface area contributed by atoms with Gasteiger partial charge in [-0.2, -0.15) is 0 Å². The molecule has 0 unspecified atom stereocenters. The monoisotopic (exact) mass is 249 g/mol. The van der Waals surface area contributed by atoms with Crippen molar-refractivity contribution in [3.05, 3.63) is 22.0 Å². The SMILES string of the molecule is CCOc1cccnc1I. The highest BCUT2D eigenvalue weighted by Crippen LogP contribution is 2.16. The number of nitrogens with zero attached hydrogens (tertiary/aromatic N) is 1. The van der Waals surface area contributed by atoms with Crippen molar-refractivity contribution in [3.63, 3.8) is 0 Å². The number of rotatable bonds is 2. The number of pyridine rings is 1. The Bertz CT molecular complexity index is 215. The van der Waals surface area contributed by atoms with Crippen molar-refractivity contribution in [3.8, 4) is 5.75 Å². The first-order valence-electron chi connectivity index (χ1n) is 3.08. The zero-order valence-corrected chi connectivity index (χ0v) is 7.83. The molecule has 0 aliphatic carbocycles. The molecule has 1 heterocycles. The van der Waals surface area contributed by atoms with Crippen LogP contribution in [-0.2, 0) is 0 Å². The van der Waals surface area contributed by atoms with Gasteiger partial charge < -0.3 is 4.74 Å². The van der Waals surface area contributed by atoms with E-state index in [0.717, 1.165) is 9.45 Å². The van der Waals surface area contributed by atoms with E-state index in [0.29, 0.717) is 6.61 Å². The maximum absolute atomic E-state index is 5.27. The highest BCUT2D eigenvalue weighted by molar-refractivity contribution is 14.1. The van der Waals surface area contributed by atoms with Crippen molar-refractivity contribution in [2.24, 2.45) is 0 Å². The Kier molecular flexibility index (Phi) is 2.92. The van der Waals surface area contributed by atoms with Gasteiger partial charge in [-0.1, -0.05) is 0 Å². The average molecular weight is 249 g/mol. The summed E-state index contributed by atoms with van der Waals surface area (Å²) in [7, 11) is 0. The van der Waals surface area contributed by atoms with Crippen LogP contribution in [0.3, 0.4) is 0 Å². The average Bonchev–Trinajstić information content (AvgIpc) is 1.94. The van der Waals surface area contributed by atoms with Gasteiger partial charge in [-0.3, -0.25) is 0 Å². The Morgan fingerprint density at radius 3 is 3.10 bits per heavy atom. The predicted octanol–water partition coefficient (Wildman–Crippen LogP) is 2.08. The van der Waals surface area contributed by atoms with E-state index in [2.05, 4.69) is 27.6 Å². The lowest BCUT2D eigenvalue weighted by atomic mass is 10.5. The summed E-state index contributed by atoms with van der Waals surface area (Å²) >= 11 is 2.15. The van der Waals surface area contributed by atoms with Crippen molar-refractivity contribution in [1.82, 2.24) is 4.98 Å². The molecule has 0 atom stereocenters. The molecule has 1 aromatic rings. The maximum Gasteiger partial charge on any atom is 0.151 e. The normalized spacial score (nSPS) is 9.40. The Labute approximate surface area is 73.8 Å². The Hall–Kier alpha value is -0.320. The van der Waals surface area contributed by atoms with Gasteiger partial charge in [-0.25, -0.2) is 4.98 Å². The van der Waals surface area contributed by atoms with Crippen LogP contribution >= 0.6 is 22.6 Å². The van der Waals surface area contributed by atoms with Crippen LogP contribution in [0.25, 0.3) is 0 Å². The second-order valence-corrected chi connectivity index (χ2v) is 2.75. The molecule has 0 amide bonds. The zero-order chi connectivity index (χ0) is 7.40. The summed E-state index contributed by atoms with van der Waals surface area (Å²) in [6, 6.07) is 3.78. The molecule has 0 aliphatic heterocycles. The summed E-state index contributed by atoms with van der Waals surface area (Å²) in [5, 5.41) is 0. The molecule has 0 radical (unpaired) electrons. The Morgan fingerprint density at radius 1 is 1.70 bits per heavy atom. The van der Waals surface area contributed by atoms with Crippen molar-refractivity contribution >= 4 is 22.6 Å². The van der Waals surface area contributed by atoms with Gasteiger partial charge in [0.2, 0.25) is 0 Å². The Morgan fingerprint density at radius 2 is 2.50 bits per heavy atom. The molecule has 0 bridgehead atoms. The van der Waals surface area contributed by atoms with Crippen molar-refractivity contribution in [2.75, 3.05) is 6.61 Å². The molecular weight excluding hydrogens is 241 g/mol. The fourth-order valence-corrected chi connectivity index (χ4v) is 1.13. The molecule has 3 heteroatoms. The first-order chi connectivity index (χ1) is 4.84. The van der Waals surface area contributed by atoms with Gasteiger partial charge in [0.1, 0.15) is 3.70 Å². The minimum Gasteiger partial charge on any atom is -0.491 e. The van der Waals surface area contributed by atoms with Crippen LogP contribution < -0.4 is 4.74 Å². The van der Waals surface area contributed by atoms with Gasteiger partial charge in [0.25, 0.3) is 0 Å². The molecule has 10 heavy (non-hydrogen) atoms. The number of hydrogen-bond acceptors (Lipinski definition) is 2. The van der Waals surface area contributed by atoms with Crippen LogP contribution in [0.1, 0.15) is 6.92 Å². The lowest BCUT2D eigenvalue weighted by Gasteiger charge is -2.02. The second kappa shape index (κ2) is 3.75. The molecule has 1 rings (SSSR count). The highest BCUT2D eigenvalue weighted by Gasteiger charge is 1.96. The van der Waals surface area contributed by atoms with Gasteiger partial charge >= 0.3 is 0 Å². The molecule has 0 saturated heterocycles. The number of ether oxygens (including phenoxy) is 1. The summed E-state index contributed by atoms with van der Waals surface area (Å²) < 4.78 is 6.19. The van der Waals surface area contributed by atoms with Crippen LogP contribution in [0, 0.1) is 3.70 Å². The van der Waals surface area contributed by atoms with Gasteiger partial charge in [-0.15, -0.1) is 0 Å². The van der Waals surface area contributed by atoms with E-state index in [-0.39, 0.29) is 0 Å². The van der Waals surface area contributed by atoms with Gasteiger partial charge in [0.15, 0.2) is 5.75 Å². The molecule has 0 fully saturated rings.